The SMILES string of the molecule is COc1ccc(NC2=NCC(CC(C)C)S2)cc1. The van der Waals surface area contributed by atoms with Crippen LogP contribution >= 0.6 is 11.8 Å². The Morgan fingerprint density at radius 2 is 2.11 bits per heavy atom. The summed E-state index contributed by atoms with van der Waals surface area (Å²) < 4.78 is 5.14. The van der Waals surface area contributed by atoms with E-state index < -0.39 is 0 Å². The van der Waals surface area contributed by atoms with Crippen LogP contribution in [0.1, 0.15) is 20.3 Å². The minimum absolute atomic E-state index is 0.630. The Hall–Kier alpha value is -1.16. The maximum atomic E-state index is 5.14. The van der Waals surface area contributed by atoms with Crippen molar-refractivity contribution in [3.05, 3.63) is 24.3 Å². The molecular formula is C14H20N2OS. The molecule has 0 saturated carbocycles. The van der Waals surface area contributed by atoms with Crippen LogP contribution in [-0.4, -0.2) is 24.1 Å². The third-order valence-corrected chi connectivity index (χ3v) is 3.92. The Morgan fingerprint density at radius 1 is 1.39 bits per heavy atom. The largest absolute Gasteiger partial charge is 0.497 e. The second-order valence-corrected chi connectivity index (χ2v) is 6.16. The number of ether oxygens (including phenoxy) is 1. The third kappa shape index (κ3) is 3.67. The first-order valence-corrected chi connectivity index (χ1v) is 7.17. The van der Waals surface area contributed by atoms with Gasteiger partial charge in [-0.05, 0) is 36.6 Å². The fourth-order valence-corrected chi connectivity index (χ4v) is 3.20. The maximum Gasteiger partial charge on any atom is 0.161 e. The van der Waals surface area contributed by atoms with Crippen LogP contribution in [0.15, 0.2) is 29.3 Å². The Labute approximate surface area is 113 Å². The highest BCUT2D eigenvalue weighted by Crippen LogP contribution is 2.27. The Morgan fingerprint density at radius 3 is 2.72 bits per heavy atom. The topological polar surface area (TPSA) is 33.6 Å². The Bertz CT molecular complexity index is 414. The summed E-state index contributed by atoms with van der Waals surface area (Å²) in [4.78, 5) is 4.55. The number of aliphatic imine (C=N–C) groups is 1. The molecule has 0 aromatic heterocycles. The molecule has 0 saturated heterocycles. The quantitative estimate of drug-likeness (QED) is 0.901. The number of hydrogen-bond acceptors (Lipinski definition) is 4. The van der Waals surface area contributed by atoms with Crippen molar-refractivity contribution >= 4 is 22.6 Å². The van der Waals surface area contributed by atoms with Gasteiger partial charge in [0.15, 0.2) is 5.17 Å². The maximum absolute atomic E-state index is 5.14. The summed E-state index contributed by atoms with van der Waals surface area (Å²) in [6.07, 6.45) is 1.22. The molecule has 3 nitrogen and oxygen atoms in total. The molecule has 1 N–H and O–H groups in total. The molecule has 0 fully saturated rings. The molecule has 1 atom stereocenters. The predicted octanol–water partition coefficient (Wildman–Crippen LogP) is 3.62. The first-order chi connectivity index (χ1) is 8.67. The molecule has 98 valence electrons. The molecule has 2 rings (SSSR count). The first-order valence-electron chi connectivity index (χ1n) is 6.29. The fraction of sp³-hybridized carbons (Fsp3) is 0.500. The average molecular weight is 264 g/mol. The number of amidine groups is 1. The van der Waals surface area contributed by atoms with Crippen molar-refractivity contribution in [2.75, 3.05) is 19.0 Å². The Balaban J connectivity index is 1.87. The summed E-state index contributed by atoms with van der Waals surface area (Å²) >= 11 is 1.85. The van der Waals surface area contributed by atoms with Crippen LogP contribution in [0.25, 0.3) is 0 Å². The second kappa shape index (κ2) is 6.14. The number of anilines is 1. The lowest BCUT2D eigenvalue weighted by molar-refractivity contribution is 0.415. The zero-order valence-electron chi connectivity index (χ0n) is 11.1. The van der Waals surface area contributed by atoms with Crippen LogP contribution in [0.4, 0.5) is 5.69 Å². The molecule has 0 radical (unpaired) electrons. The van der Waals surface area contributed by atoms with Gasteiger partial charge in [-0.2, -0.15) is 0 Å². The molecule has 0 aliphatic carbocycles. The highest BCUT2D eigenvalue weighted by Gasteiger charge is 2.20. The number of nitrogens with one attached hydrogen (secondary N) is 1. The molecule has 1 aliphatic heterocycles. The smallest absolute Gasteiger partial charge is 0.161 e. The van der Waals surface area contributed by atoms with Gasteiger partial charge in [-0.1, -0.05) is 25.6 Å². The second-order valence-electron chi connectivity index (χ2n) is 4.87. The molecule has 1 unspecified atom stereocenters. The molecule has 1 aromatic rings. The number of benzene rings is 1. The summed E-state index contributed by atoms with van der Waals surface area (Å²) in [7, 11) is 1.68. The van der Waals surface area contributed by atoms with Crippen LogP contribution < -0.4 is 10.1 Å². The van der Waals surface area contributed by atoms with Gasteiger partial charge in [0.2, 0.25) is 0 Å². The van der Waals surface area contributed by atoms with E-state index in [1.807, 2.05) is 36.0 Å². The van der Waals surface area contributed by atoms with Crippen molar-refractivity contribution in [2.24, 2.45) is 10.9 Å². The molecule has 0 spiro atoms. The van der Waals surface area contributed by atoms with Crippen LogP contribution in [-0.2, 0) is 0 Å². The summed E-state index contributed by atoms with van der Waals surface area (Å²) in [6, 6.07) is 7.93. The van der Waals surface area contributed by atoms with Gasteiger partial charge < -0.3 is 10.1 Å². The van der Waals surface area contributed by atoms with Crippen molar-refractivity contribution in [1.82, 2.24) is 0 Å². The number of nitrogens with zero attached hydrogens (tertiary/aromatic N) is 1. The van der Waals surface area contributed by atoms with Gasteiger partial charge in [-0.3, -0.25) is 4.99 Å². The van der Waals surface area contributed by atoms with Crippen molar-refractivity contribution < 1.29 is 4.74 Å². The molecule has 0 bridgehead atoms. The van der Waals surface area contributed by atoms with Crippen molar-refractivity contribution in [3.8, 4) is 5.75 Å². The first kappa shape index (κ1) is 13.3. The van der Waals surface area contributed by atoms with E-state index >= 15 is 0 Å². The summed E-state index contributed by atoms with van der Waals surface area (Å²) in [5, 5.41) is 5.02. The number of thioether (sulfide) groups is 1. The molecule has 0 amide bonds. The monoisotopic (exact) mass is 264 g/mol. The molecule has 18 heavy (non-hydrogen) atoms. The predicted molar refractivity (Wildman–Crippen MR) is 79.8 cm³/mol. The van der Waals surface area contributed by atoms with Crippen molar-refractivity contribution in [1.29, 1.82) is 0 Å². The number of hydrogen-bond donors (Lipinski definition) is 1. The molecule has 1 heterocycles. The third-order valence-electron chi connectivity index (χ3n) is 2.79. The van der Waals surface area contributed by atoms with E-state index in [2.05, 4.69) is 24.2 Å². The van der Waals surface area contributed by atoms with Crippen LogP contribution in [0.5, 0.6) is 5.75 Å². The van der Waals surface area contributed by atoms with E-state index in [4.69, 9.17) is 4.74 Å². The summed E-state index contributed by atoms with van der Waals surface area (Å²) in [6.45, 7) is 5.45. The molecule has 1 aliphatic rings. The van der Waals surface area contributed by atoms with Crippen LogP contribution in [0.2, 0.25) is 0 Å². The van der Waals surface area contributed by atoms with E-state index in [0.29, 0.717) is 5.25 Å². The van der Waals surface area contributed by atoms with Gasteiger partial charge in [-0.25, -0.2) is 0 Å². The van der Waals surface area contributed by atoms with Crippen molar-refractivity contribution in [3.63, 3.8) is 0 Å². The van der Waals surface area contributed by atoms with Gasteiger partial charge >= 0.3 is 0 Å². The molecular weight excluding hydrogens is 244 g/mol. The van der Waals surface area contributed by atoms with Gasteiger partial charge in [0, 0.05) is 10.9 Å². The van der Waals surface area contributed by atoms with Crippen LogP contribution in [0, 0.1) is 5.92 Å². The molecule has 1 aromatic carbocycles. The minimum atomic E-state index is 0.630. The van der Waals surface area contributed by atoms with Crippen LogP contribution in [0.3, 0.4) is 0 Å². The highest BCUT2D eigenvalue weighted by atomic mass is 32.2. The number of rotatable bonds is 4. The lowest BCUT2D eigenvalue weighted by Crippen LogP contribution is -2.09. The molecule has 4 heteroatoms. The van der Waals surface area contributed by atoms with Gasteiger partial charge in [-0.15, -0.1) is 0 Å². The van der Waals surface area contributed by atoms with Gasteiger partial charge in [0.1, 0.15) is 5.75 Å². The van der Waals surface area contributed by atoms with Crippen molar-refractivity contribution in [2.45, 2.75) is 25.5 Å². The Kier molecular flexibility index (Phi) is 4.53. The zero-order chi connectivity index (χ0) is 13.0. The zero-order valence-corrected chi connectivity index (χ0v) is 12.0. The minimum Gasteiger partial charge on any atom is -0.497 e. The van der Waals surface area contributed by atoms with E-state index in [1.54, 1.807) is 7.11 Å². The van der Waals surface area contributed by atoms with Gasteiger partial charge in [0.25, 0.3) is 0 Å². The fourth-order valence-electron chi connectivity index (χ4n) is 1.93. The van der Waals surface area contributed by atoms with Gasteiger partial charge in [0.05, 0.1) is 13.7 Å². The average Bonchev–Trinajstić information content (AvgIpc) is 2.76. The number of methoxy groups -OCH3 is 1. The lowest BCUT2D eigenvalue weighted by atomic mass is 10.1. The normalized spacial score (nSPS) is 18.9. The van der Waals surface area contributed by atoms with E-state index in [1.165, 1.54) is 6.42 Å². The summed E-state index contributed by atoms with van der Waals surface area (Å²) in [5.74, 6) is 1.61. The lowest BCUT2D eigenvalue weighted by Gasteiger charge is -2.11. The highest BCUT2D eigenvalue weighted by molar-refractivity contribution is 8.15. The standard InChI is InChI=1S/C14H20N2OS/c1-10(2)8-13-9-15-14(18-13)16-11-4-6-12(17-3)7-5-11/h4-7,10,13H,8-9H2,1-3H3,(H,15,16). The van der Waals surface area contributed by atoms with E-state index in [0.717, 1.165) is 29.1 Å². The van der Waals surface area contributed by atoms with E-state index in [9.17, 15) is 0 Å². The summed E-state index contributed by atoms with van der Waals surface area (Å²) in [5.41, 5.74) is 1.06. The van der Waals surface area contributed by atoms with E-state index in [-0.39, 0.29) is 0 Å².